The number of aromatic amines is 1. The molecule has 5 rings (SSSR count). The van der Waals surface area contributed by atoms with Crippen LogP contribution in [0.5, 0.6) is 0 Å². The predicted molar refractivity (Wildman–Crippen MR) is 167 cm³/mol. The fraction of sp³-hybridized carbons (Fsp3) is 0.469. The van der Waals surface area contributed by atoms with Gasteiger partial charge in [-0.1, -0.05) is 44.7 Å². The highest BCUT2D eigenvalue weighted by molar-refractivity contribution is 7.80. The van der Waals surface area contributed by atoms with Crippen molar-refractivity contribution in [1.82, 2.24) is 20.2 Å². The van der Waals surface area contributed by atoms with Gasteiger partial charge in [-0.25, -0.2) is 4.98 Å². The first-order valence-corrected chi connectivity index (χ1v) is 15.3. The zero-order valence-corrected chi connectivity index (χ0v) is 24.5. The molecule has 1 aliphatic carbocycles. The minimum absolute atomic E-state index is 0.0167. The summed E-state index contributed by atoms with van der Waals surface area (Å²) in [5, 5.41) is 4.52. The van der Waals surface area contributed by atoms with Gasteiger partial charge in [0.25, 0.3) is 5.91 Å². The van der Waals surface area contributed by atoms with E-state index in [1.807, 2.05) is 17.0 Å². The lowest BCUT2D eigenvalue weighted by molar-refractivity contribution is 0.0985. The third-order valence-corrected chi connectivity index (χ3v) is 8.55. The third-order valence-electron chi connectivity index (χ3n) is 8.17. The van der Waals surface area contributed by atoms with Crippen molar-refractivity contribution in [2.24, 2.45) is 0 Å². The minimum Gasteiger partial charge on any atom is -0.368 e. The van der Waals surface area contributed by atoms with Crippen molar-refractivity contribution in [1.29, 1.82) is 0 Å². The first-order chi connectivity index (χ1) is 19.6. The molecule has 1 aliphatic heterocycles. The normalized spacial score (nSPS) is 16.1. The molecule has 1 saturated carbocycles. The van der Waals surface area contributed by atoms with E-state index in [9.17, 15) is 4.79 Å². The summed E-state index contributed by atoms with van der Waals surface area (Å²) in [5.74, 6) is -0.0167. The molecule has 3 aromatic rings. The van der Waals surface area contributed by atoms with Crippen LogP contribution in [0.2, 0.25) is 0 Å². The average Bonchev–Trinajstić information content (AvgIpc) is 3.53. The van der Waals surface area contributed by atoms with Gasteiger partial charge in [-0.05, 0) is 79.9 Å². The van der Waals surface area contributed by atoms with E-state index in [2.05, 4.69) is 68.4 Å². The number of piperazine rings is 1. The maximum atomic E-state index is 13.7. The molecule has 7 nitrogen and oxygen atoms in total. The van der Waals surface area contributed by atoms with Gasteiger partial charge in [0.15, 0.2) is 5.11 Å². The van der Waals surface area contributed by atoms with Crippen molar-refractivity contribution in [2.45, 2.75) is 70.9 Å². The fourth-order valence-electron chi connectivity index (χ4n) is 5.70. The van der Waals surface area contributed by atoms with Gasteiger partial charge in [-0.2, -0.15) is 0 Å². The standard InChI is InChI=1S/C32H42N6OS/c1-2-3-7-25-10-12-26(13-11-25)31(39)38(23-28-22-33-24-34-28)30-16-14-29(15-17-30)36-18-20-37(21-19-36)32(40)35-27-8-5-4-6-9-27/h10-17,22,24,27H,2-9,18-21,23H2,1H3,(H,33,34)(H,35,40). The van der Waals surface area contributed by atoms with Crippen LogP contribution in [0.15, 0.2) is 61.1 Å². The molecule has 8 heteroatoms. The Morgan fingerprint density at radius 3 is 2.40 bits per heavy atom. The van der Waals surface area contributed by atoms with Crippen LogP contribution in [0.1, 0.15) is 73.5 Å². The number of nitrogens with one attached hydrogen (secondary N) is 2. The lowest BCUT2D eigenvalue weighted by Gasteiger charge is -2.38. The number of nitrogens with zero attached hydrogens (tertiary/aromatic N) is 4. The second-order valence-electron chi connectivity index (χ2n) is 11.0. The minimum atomic E-state index is -0.0167. The zero-order valence-electron chi connectivity index (χ0n) is 23.6. The topological polar surface area (TPSA) is 67.5 Å². The van der Waals surface area contributed by atoms with E-state index in [4.69, 9.17) is 12.2 Å². The Morgan fingerprint density at radius 1 is 1.02 bits per heavy atom. The zero-order chi connectivity index (χ0) is 27.7. The second-order valence-corrected chi connectivity index (χ2v) is 11.4. The molecule has 2 heterocycles. The molecule has 212 valence electrons. The molecule has 1 aromatic heterocycles. The summed E-state index contributed by atoms with van der Waals surface area (Å²) in [6, 6.07) is 17.0. The molecule has 0 atom stereocenters. The van der Waals surface area contributed by atoms with Crippen LogP contribution in [-0.2, 0) is 13.0 Å². The number of aromatic nitrogens is 2. The molecular formula is C32H42N6OS. The predicted octanol–water partition coefficient (Wildman–Crippen LogP) is 5.93. The van der Waals surface area contributed by atoms with E-state index in [1.54, 1.807) is 12.5 Å². The van der Waals surface area contributed by atoms with Crippen LogP contribution in [-0.4, -0.2) is 58.1 Å². The Balaban J connectivity index is 1.23. The Morgan fingerprint density at radius 2 is 1.75 bits per heavy atom. The molecule has 2 fully saturated rings. The van der Waals surface area contributed by atoms with Crippen molar-refractivity contribution in [3.05, 3.63) is 77.9 Å². The molecule has 2 N–H and O–H groups in total. The van der Waals surface area contributed by atoms with Gasteiger partial charge in [-0.15, -0.1) is 0 Å². The first-order valence-electron chi connectivity index (χ1n) is 14.9. The van der Waals surface area contributed by atoms with Gasteiger partial charge < -0.3 is 25.0 Å². The molecule has 1 saturated heterocycles. The number of thiocarbonyl (C=S) groups is 1. The number of amides is 1. The molecule has 0 unspecified atom stereocenters. The van der Waals surface area contributed by atoms with Crippen LogP contribution >= 0.6 is 12.2 Å². The summed E-state index contributed by atoms with van der Waals surface area (Å²) >= 11 is 5.75. The molecule has 2 aliphatic rings. The number of hydrogen-bond donors (Lipinski definition) is 2. The number of aryl methyl sites for hydroxylation is 1. The monoisotopic (exact) mass is 558 g/mol. The third kappa shape index (κ3) is 7.22. The Bertz CT molecular complexity index is 1210. The summed E-state index contributed by atoms with van der Waals surface area (Å²) < 4.78 is 0. The highest BCUT2D eigenvalue weighted by Crippen LogP contribution is 2.25. The molecule has 2 aromatic carbocycles. The Kier molecular flexibility index (Phi) is 9.71. The van der Waals surface area contributed by atoms with Crippen LogP contribution in [0.4, 0.5) is 11.4 Å². The Hall–Kier alpha value is -3.39. The number of anilines is 2. The molecule has 0 radical (unpaired) electrons. The van der Waals surface area contributed by atoms with Gasteiger partial charge in [0.05, 0.1) is 18.6 Å². The fourth-order valence-corrected chi connectivity index (χ4v) is 6.05. The smallest absolute Gasteiger partial charge is 0.258 e. The van der Waals surface area contributed by atoms with E-state index >= 15 is 0 Å². The van der Waals surface area contributed by atoms with Crippen LogP contribution in [0.3, 0.4) is 0 Å². The number of rotatable bonds is 9. The highest BCUT2D eigenvalue weighted by atomic mass is 32.1. The van der Waals surface area contributed by atoms with E-state index in [0.717, 1.165) is 61.9 Å². The van der Waals surface area contributed by atoms with E-state index < -0.39 is 0 Å². The van der Waals surface area contributed by atoms with Crippen LogP contribution < -0.4 is 15.1 Å². The summed E-state index contributed by atoms with van der Waals surface area (Å²) in [4.78, 5) is 27.5. The summed E-state index contributed by atoms with van der Waals surface area (Å²) in [6.45, 7) is 6.31. The van der Waals surface area contributed by atoms with E-state index in [1.165, 1.54) is 43.4 Å². The average molecular weight is 559 g/mol. The van der Waals surface area contributed by atoms with Crippen molar-refractivity contribution in [3.63, 3.8) is 0 Å². The molecular weight excluding hydrogens is 516 g/mol. The lowest BCUT2D eigenvalue weighted by atomic mass is 9.96. The maximum Gasteiger partial charge on any atom is 0.258 e. The van der Waals surface area contributed by atoms with E-state index in [0.29, 0.717) is 18.2 Å². The van der Waals surface area contributed by atoms with E-state index in [-0.39, 0.29) is 5.91 Å². The lowest BCUT2D eigenvalue weighted by Crippen LogP contribution is -2.53. The van der Waals surface area contributed by atoms with Crippen LogP contribution in [0.25, 0.3) is 0 Å². The van der Waals surface area contributed by atoms with Gasteiger partial charge in [0.1, 0.15) is 0 Å². The van der Waals surface area contributed by atoms with Gasteiger partial charge in [-0.3, -0.25) is 4.79 Å². The molecule has 0 bridgehead atoms. The SMILES string of the molecule is CCCCc1ccc(C(=O)N(Cc2cnc[nH]2)c2ccc(N3CCN(C(=S)NC4CCCCC4)CC3)cc2)cc1. The van der Waals surface area contributed by atoms with Crippen molar-refractivity contribution >= 4 is 34.6 Å². The second kappa shape index (κ2) is 13.8. The number of carbonyl (C=O) groups excluding carboxylic acids is 1. The number of H-pyrrole nitrogens is 1. The molecule has 1 amide bonds. The number of unbranched alkanes of at least 4 members (excludes halogenated alkanes) is 1. The number of hydrogen-bond acceptors (Lipinski definition) is 4. The number of benzene rings is 2. The number of carbonyl (C=O) groups is 1. The van der Waals surface area contributed by atoms with Crippen LogP contribution in [0, 0.1) is 0 Å². The Labute approximate surface area is 244 Å². The quantitative estimate of drug-likeness (QED) is 0.318. The molecule has 40 heavy (non-hydrogen) atoms. The number of imidazole rings is 1. The van der Waals surface area contributed by atoms with Gasteiger partial charge in [0, 0.05) is 55.4 Å². The summed E-state index contributed by atoms with van der Waals surface area (Å²) in [6.07, 6.45) is 13.2. The van der Waals surface area contributed by atoms with Gasteiger partial charge in [0.2, 0.25) is 0 Å². The van der Waals surface area contributed by atoms with Crippen molar-refractivity contribution in [2.75, 3.05) is 36.0 Å². The highest BCUT2D eigenvalue weighted by Gasteiger charge is 2.23. The molecule has 0 spiro atoms. The summed E-state index contributed by atoms with van der Waals surface area (Å²) in [5.41, 5.74) is 4.90. The summed E-state index contributed by atoms with van der Waals surface area (Å²) in [7, 11) is 0. The van der Waals surface area contributed by atoms with Crippen molar-refractivity contribution < 1.29 is 4.79 Å². The largest absolute Gasteiger partial charge is 0.368 e. The van der Waals surface area contributed by atoms with Gasteiger partial charge >= 0.3 is 0 Å². The van der Waals surface area contributed by atoms with Crippen molar-refractivity contribution in [3.8, 4) is 0 Å². The maximum absolute atomic E-state index is 13.7. The first kappa shape index (κ1) is 28.1.